The third kappa shape index (κ3) is 3.27. The van der Waals surface area contributed by atoms with Crippen LogP contribution in [0.1, 0.15) is 12.0 Å². The number of nitrogens with two attached hydrogens (primary N) is 1. The number of sulfonamides is 1. The SMILES string of the molecule is NS(=O)(=O)C1CC(=O)N(Cc2cc(F)cc(F)c2)C1. The number of hydrogen-bond donors (Lipinski definition) is 1. The van der Waals surface area contributed by atoms with E-state index < -0.39 is 32.8 Å². The highest BCUT2D eigenvalue weighted by atomic mass is 32.2. The van der Waals surface area contributed by atoms with Gasteiger partial charge in [-0.2, -0.15) is 0 Å². The molecular formula is C11H12F2N2O3S. The highest BCUT2D eigenvalue weighted by molar-refractivity contribution is 7.89. The zero-order chi connectivity index (χ0) is 14.2. The van der Waals surface area contributed by atoms with E-state index in [-0.39, 0.29) is 25.1 Å². The molecule has 0 radical (unpaired) electrons. The van der Waals surface area contributed by atoms with E-state index >= 15 is 0 Å². The topological polar surface area (TPSA) is 80.5 Å². The Bertz CT molecular complexity index is 598. The Balaban J connectivity index is 2.14. The average Bonchev–Trinajstić information content (AvgIpc) is 2.58. The van der Waals surface area contributed by atoms with Gasteiger partial charge >= 0.3 is 0 Å². The third-order valence-corrected chi connectivity index (χ3v) is 4.18. The van der Waals surface area contributed by atoms with Crippen LogP contribution in [-0.4, -0.2) is 31.0 Å². The molecule has 0 saturated carbocycles. The van der Waals surface area contributed by atoms with E-state index in [1.54, 1.807) is 0 Å². The molecule has 1 saturated heterocycles. The molecule has 1 aliphatic heterocycles. The van der Waals surface area contributed by atoms with Crippen LogP contribution in [0, 0.1) is 11.6 Å². The molecule has 1 fully saturated rings. The zero-order valence-corrected chi connectivity index (χ0v) is 10.7. The van der Waals surface area contributed by atoms with Crippen molar-refractivity contribution in [1.82, 2.24) is 4.90 Å². The van der Waals surface area contributed by atoms with Gasteiger partial charge in [0.25, 0.3) is 0 Å². The van der Waals surface area contributed by atoms with Gasteiger partial charge in [-0.25, -0.2) is 22.3 Å². The predicted octanol–water partition coefficient (Wildman–Crippen LogP) is 0.354. The van der Waals surface area contributed by atoms with Crippen LogP contribution in [0.2, 0.25) is 0 Å². The number of carbonyl (C=O) groups is 1. The first-order valence-electron chi connectivity index (χ1n) is 5.50. The van der Waals surface area contributed by atoms with Crippen molar-refractivity contribution in [3.8, 4) is 0 Å². The molecule has 0 bridgehead atoms. The second-order valence-corrected chi connectivity index (χ2v) is 6.31. The smallest absolute Gasteiger partial charge is 0.224 e. The molecule has 1 aromatic carbocycles. The number of benzene rings is 1. The van der Waals surface area contributed by atoms with Crippen LogP contribution in [0.15, 0.2) is 18.2 Å². The van der Waals surface area contributed by atoms with Crippen LogP contribution in [-0.2, 0) is 21.4 Å². The van der Waals surface area contributed by atoms with E-state index in [0.717, 1.165) is 18.2 Å². The van der Waals surface area contributed by atoms with Gasteiger partial charge < -0.3 is 4.90 Å². The predicted molar refractivity (Wildman–Crippen MR) is 63.3 cm³/mol. The van der Waals surface area contributed by atoms with E-state index in [1.807, 2.05) is 0 Å². The summed E-state index contributed by atoms with van der Waals surface area (Å²) in [5, 5.41) is 4.02. The van der Waals surface area contributed by atoms with Gasteiger partial charge in [0, 0.05) is 25.6 Å². The summed E-state index contributed by atoms with van der Waals surface area (Å²) in [5.41, 5.74) is 0.265. The lowest BCUT2D eigenvalue weighted by atomic mass is 10.2. The summed E-state index contributed by atoms with van der Waals surface area (Å²) in [6, 6.07) is 2.92. The largest absolute Gasteiger partial charge is 0.337 e. The normalized spacial score (nSPS) is 20.1. The molecule has 2 N–H and O–H groups in total. The Morgan fingerprint density at radius 1 is 1.26 bits per heavy atom. The lowest BCUT2D eigenvalue weighted by Gasteiger charge is -2.16. The van der Waals surface area contributed by atoms with E-state index in [0.29, 0.717) is 0 Å². The second-order valence-electron chi connectivity index (χ2n) is 4.47. The monoisotopic (exact) mass is 290 g/mol. The molecule has 1 amide bonds. The second kappa shape index (κ2) is 4.86. The maximum absolute atomic E-state index is 13.0. The summed E-state index contributed by atoms with van der Waals surface area (Å²) < 4.78 is 48.3. The van der Waals surface area contributed by atoms with Crippen molar-refractivity contribution in [2.75, 3.05) is 6.54 Å². The van der Waals surface area contributed by atoms with Crippen molar-refractivity contribution < 1.29 is 22.0 Å². The Hall–Kier alpha value is -1.54. The molecule has 1 atom stereocenters. The Morgan fingerprint density at radius 3 is 2.32 bits per heavy atom. The number of carbonyl (C=O) groups excluding carboxylic acids is 1. The number of amides is 1. The minimum absolute atomic E-state index is 0.0421. The number of primary sulfonamides is 1. The first-order chi connectivity index (χ1) is 8.75. The van der Waals surface area contributed by atoms with Gasteiger partial charge in [-0.1, -0.05) is 0 Å². The molecule has 2 rings (SSSR count). The highest BCUT2D eigenvalue weighted by Crippen LogP contribution is 2.19. The van der Waals surface area contributed by atoms with E-state index in [9.17, 15) is 22.0 Å². The molecule has 1 aromatic rings. The van der Waals surface area contributed by atoms with Crippen LogP contribution in [0.3, 0.4) is 0 Å². The first kappa shape index (κ1) is 13.9. The summed E-state index contributed by atoms with van der Waals surface area (Å²) in [7, 11) is -3.79. The number of rotatable bonds is 3. The molecule has 0 aromatic heterocycles. The third-order valence-electron chi connectivity index (χ3n) is 2.94. The lowest BCUT2D eigenvalue weighted by Crippen LogP contribution is -2.31. The molecule has 1 aliphatic rings. The minimum atomic E-state index is -3.79. The minimum Gasteiger partial charge on any atom is -0.337 e. The number of halogens is 2. The van der Waals surface area contributed by atoms with Crippen molar-refractivity contribution in [3.05, 3.63) is 35.4 Å². The summed E-state index contributed by atoms with van der Waals surface area (Å²) >= 11 is 0. The summed E-state index contributed by atoms with van der Waals surface area (Å²) in [6.45, 7) is -0.102. The molecule has 1 heterocycles. The maximum atomic E-state index is 13.0. The Labute approximate surface area is 109 Å². The number of nitrogens with zero attached hydrogens (tertiary/aromatic N) is 1. The fourth-order valence-electron chi connectivity index (χ4n) is 2.03. The molecule has 0 aliphatic carbocycles. The molecule has 5 nitrogen and oxygen atoms in total. The van der Waals surface area contributed by atoms with Gasteiger partial charge in [-0.05, 0) is 17.7 Å². The van der Waals surface area contributed by atoms with Crippen LogP contribution >= 0.6 is 0 Å². The Kier molecular flexibility index (Phi) is 3.55. The molecule has 1 unspecified atom stereocenters. The van der Waals surface area contributed by atoms with Gasteiger partial charge in [0.1, 0.15) is 16.9 Å². The van der Waals surface area contributed by atoms with Crippen molar-refractivity contribution in [2.45, 2.75) is 18.2 Å². The van der Waals surface area contributed by atoms with E-state index in [1.165, 1.54) is 4.90 Å². The van der Waals surface area contributed by atoms with Gasteiger partial charge in [-0.15, -0.1) is 0 Å². The lowest BCUT2D eigenvalue weighted by molar-refractivity contribution is -0.128. The van der Waals surface area contributed by atoms with Crippen molar-refractivity contribution >= 4 is 15.9 Å². The van der Waals surface area contributed by atoms with Crippen LogP contribution in [0.4, 0.5) is 8.78 Å². The summed E-state index contributed by atoms with van der Waals surface area (Å²) in [5.74, 6) is -1.89. The van der Waals surface area contributed by atoms with Crippen LogP contribution < -0.4 is 5.14 Å². The van der Waals surface area contributed by atoms with E-state index in [2.05, 4.69) is 0 Å². The van der Waals surface area contributed by atoms with Crippen LogP contribution in [0.25, 0.3) is 0 Å². The van der Waals surface area contributed by atoms with Crippen molar-refractivity contribution in [2.24, 2.45) is 5.14 Å². The summed E-state index contributed by atoms with van der Waals surface area (Å²) in [6.07, 6.45) is -0.198. The fraction of sp³-hybridized carbons (Fsp3) is 0.364. The summed E-state index contributed by atoms with van der Waals surface area (Å²) in [4.78, 5) is 12.8. The van der Waals surface area contributed by atoms with Gasteiger partial charge in [0.2, 0.25) is 15.9 Å². The first-order valence-corrected chi connectivity index (χ1v) is 7.11. The van der Waals surface area contributed by atoms with Crippen molar-refractivity contribution in [3.63, 3.8) is 0 Å². The number of hydrogen-bond acceptors (Lipinski definition) is 3. The van der Waals surface area contributed by atoms with Gasteiger partial charge in [0.05, 0.1) is 0 Å². The molecule has 0 spiro atoms. The Morgan fingerprint density at radius 2 is 1.84 bits per heavy atom. The maximum Gasteiger partial charge on any atom is 0.224 e. The molecule has 8 heteroatoms. The standard InChI is InChI=1S/C11H12F2N2O3S/c12-8-1-7(2-9(13)3-8)5-15-6-10(4-11(15)16)19(14,17)18/h1-3,10H,4-6H2,(H2,14,17,18). The fourth-order valence-corrected chi connectivity index (χ4v) is 2.79. The quantitative estimate of drug-likeness (QED) is 0.872. The van der Waals surface area contributed by atoms with Gasteiger partial charge in [0.15, 0.2) is 0 Å². The number of likely N-dealkylation sites (tertiary alicyclic amines) is 1. The zero-order valence-electron chi connectivity index (χ0n) is 9.84. The highest BCUT2D eigenvalue weighted by Gasteiger charge is 2.36. The van der Waals surface area contributed by atoms with E-state index in [4.69, 9.17) is 5.14 Å². The van der Waals surface area contributed by atoms with Gasteiger partial charge in [-0.3, -0.25) is 4.79 Å². The molecule has 104 valence electrons. The van der Waals surface area contributed by atoms with Crippen LogP contribution in [0.5, 0.6) is 0 Å². The van der Waals surface area contributed by atoms with Crippen molar-refractivity contribution in [1.29, 1.82) is 0 Å². The average molecular weight is 290 g/mol. The molecular weight excluding hydrogens is 278 g/mol. The molecule has 19 heavy (non-hydrogen) atoms.